The zero-order chi connectivity index (χ0) is 11.5. The molecule has 0 bridgehead atoms. The molecule has 1 heterocycles. The average Bonchev–Trinajstić information content (AvgIpc) is 2.13. The number of carbonyl (C=O) groups excluding carboxylic acids is 1. The first-order chi connectivity index (χ1) is 6.97. The third kappa shape index (κ3) is 3.06. The van der Waals surface area contributed by atoms with Gasteiger partial charge in [0, 0.05) is 5.92 Å². The van der Waals surface area contributed by atoms with Crippen molar-refractivity contribution in [3.8, 4) is 0 Å². The topological polar surface area (TPSA) is 55.1 Å². The van der Waals surface area contributed by atoms with Crippen LogP contribution in [0.4, 0.5) is 0 Å². The highest BCUT2D eigenvalue weighted by molar-refractivity contribution is 5.81. The number of nitrogens with two attached hydrogens (primary N) is 1. The monoisotopic (exact) mass is 210 g/mol. The van der Waals surface area contributed by atoms with Crippen molar-refractivity contribution in [1.29, 1.82) is 0 Å². The molecule has 86 valence electrons. The molecule has 0 aromatic carbocycles. The molecule has 1 aliphatic rings. The van der Waals surface area contributed by atoms with Crippen LogP contribution < -0.4 is 11.1 Å². The summed E-state index contributed by atoms with van der Waals surface area (Å²) in [6, 6.07) is 0. The second kappa shape index (κ2) is 4.79. The molecule has 1 rings (SSSR count). The van der Waals surface area contributed by atoms with Gasteiger partial charge in [-0.1, -0.05) is 18.6 Å². The van der Waals surface area contributed by atoms with Gasteiger partial charge in [-0.3, -0.25) is 4.79 Å². The smallest absolute Gasteiger partial charge is 0.224 e. The maximum atomic E-state index is 11.8. The molecule has 1 atom stereocenters. The SMILES string of the molecule is C=C1C[C@@H](CCCCN)C(=O)NC1(C)C. The normalized spacial score (nSPS) is 25.1. The van der Waals surface area contributed by atoms with Crippen molar-refractivity contribution in [2.75, 3.05) is 6.54 Å². The van der Waals surface area contributed by atoms with E-state index in [1.165, 1.54) is 0 Å². The Morgan fingerprint density at radius 3 is 2.80 bits per heavy atom. The minimum atomic E-state index is -0.235. The maximum absolute atomic E-state index is 11.8. The summed E-state index contributed by atoms with van der Waals surface area (Å²) in [7, 11) is 0. The quantitative estimate of drug-likeness (QED) is 0.547. The summed E-state index contributed by atoms with van der Waals surface area (Å²) >= 11 is 0. The fraction of sp³-hybridized carbons (Fsp3) is 0.750. The average molecular weight is 210 g/mol. The fourth-order valence-electron chi connectivity index (χ4n) is 1.91. The van der Waals surface area contributed by atoms with Crippen molar-refractivity contribution in [2.45, 2.75) is 45.1 Å². The number of piperidine rings is 1. The molecule has 0 aromatic heterocycles. The minimum Gasteiger partial charge on any atom is -0.347 e. The lowest BCUT2D eigenvalue weighted by Crippen LogP contribution is -2.52. The molecule has 3 N–H and O–H groups in total. The van der Waals surface area contributed by atoms with E-state index in [2.05, 4.69) is 11.9 Å². The number of hydrogen-bond donors (Lipinski definition) is 2. The summed E-state index contributed by atoms with van der Waals surface area (Å²) in [5, 5.41) is 3.01. The maximum Gasteiger partial charge on any atom is 0.224 e. The molecule has 3 heteroatoms. The highest BCUT2D eigenvalue weighted by atomic mass is 16.2. The molecule has 1 aliphatic heterocycles. The van der Waals surface area contributed by atoms with Gasteiger partial charge in [0.1, 0.15) is 0 Å². The standard InChI is InChI=1S/C12H22N2O/c1-9-8-10(6-4-5-7-13)11(15)14-12(9,2)3/h10H,1,4-8,13H2,2-3H3,(H,14,15)/t10-/m1/s1. The Morgan fingerprint density at radius 1 is 1.53 bits per heavy atom. The molecule has 1 amide bonds. The summed E-state index contributed by atoms with van der Waals surface area (Å²) in [4.78, 5) is 11.8. The molecule has 0 saturated carbocycles. The molecule has 0 spiro atoms. The molecule has 3 nitrogen and oxygen atoms in total. The van der Waals surface area contributed by atoms with Crippen LogP contribution in [0.15, 0.2) is 12.2 Å². The Hall–Kier alpha value is -0.830. The van der Waals surface area contributed by atoms with Crippen molar-refractivity contribution < 1.29 is 4.79 Å². The van der Waals surface area contributed by atoms with Crippen LogP contribution in [0.2, 0.25) is 0 Å². The van der Waals surface area contributed by atoms with Gasteiger partial charge in [0.05, 0.1) is 5.54 Å². The van der Waals surface area contributed by atoms with E-state index in [4.69, 9.17) is 5.73 Å². The van der Waals surface area contributed by atoms with Gasteiger partial charge in [-0.15, -0.1) is 0 Å². The fourth-order valence-corrected chi connectivity index (χ4v) is 1.91. The highest BCUT2D eigenvalue weighted by Crippen LogP contribution is 2.30. The lowest BCUT2D eigenvalue weighted by atomic mass is 9.80. The lowest BCUT2D eigenvalue weighted by Gasteiger charge is -2.37. The van der Waals surface area contributed by atoms with Crippen molar-refractivity contribution in [2.24, 2.45) is 11.7 Å². The van der Waals surface area contributed by atoms with E-state index in [9.17, 15) is 4.79 Å². The van der Waals surface area contributed by atoms with Gasteiger partial charge in [-0.2, -0.15) is 0 Å². The summed E-state index contributed by atoms with van der Waals surface area (Å²) in [5.74, 6) is 0.279. The molecule has 15 heavy (non-hydrogen) atoms. The van der Waals surface area contributed by atoms with Crippen LogP contribution >= 0.6 is 0 Å². The molecule has 0 radical (unpaired) electrons. The van der Waals surface area contributed by atoms with Crippen LogP contribution in [-0.2, 0) is 4.79 Å². The van der Waals surface area contributed by atoms with E-state index in [1.807, 2.05) is 13.8 Å². The second-order valence-electron chi connectivity index (χ2n) is 4.90. The zero-order valence-corrected chi connectivity index (χ0v) is 9.81. The first-order valence-corrected chi connectivity index (χ1v) is 5.67. The summed E-state index contributed by atoms with van der Waals surface area (Å²) in [5.41, 5.74) is 6.32. The predicted octanol–water partition coefficient (Wildman–Crippen LogP) is 1.59. The molecular weight excluding hydrogens is 188 g/mol. The Labute approximate surface area is 92.1 Å². The Balaban J connectivity index is 2.48. The van der Waals surface area contributed by atoms with Crippen molar-refractivity contribution in [1.82, 2.24) is 5.32 Å². The van der Waals surface area contributed by atoms with E-state index < -0.39 is 0 Å². The van der Waals surface area contributed by atoms with Crippen LogP contribution in [0, 0.1) is 5.92 Å². The number of nitrogens with one attached hydrogen (secondary N) is 1. The van der Waals surface area contributed by atoms with Crippen molar-refractivity contribution in [3.63, 3.8) is 0 Å². The highest BCUT2D eigenvalue weighted by Gasteiger charge is 2.34. The van der Waals surface area contributed by atoms with Crippen LogP contribution in [0.1, 0.15) is 39.5 Å². The van der Waals surface area contributed by atoms with Gasteiger partial charge in [0.2, 0.25) is 5.91 Å². The molecule has 1 saturated heterocycles. The third-order valence-corrected chi connectivity index (χ3v) is 3.19. The van der Waals surface area contributed by atoms with Gasteiger partial charge in [0.25, 0.3) is 0 Å². The minimum absolute atomic E-state index is 0.108. The first-order valence-electron chi connectivity index (χ1n) is 5.67. The van der Waals surface area contributed by atoms with Gasteiger partial charge in [-0.05, 0) is 39.7 Å². The molecule has 1 fully saturated rings. The van der Waals surface area contributed by atoms with Gasteiger partial charge in [-0.25, -0.2) is 0 Å². The Morgan fingerprint density at radius 2 is 2.20 bits per heavy atom. The summed E-state index contributed by atoms with van der Waals surface area (Å²) in [6.07, 6.45) is 3.78. The van der Waals surface area contributed by atoms with E-state index >= 15 is 0 Å². The molecule has 0 unspecified atom stereocenters. The van der Waals surface area contributed by atoms with Gasteiger partial charge < -0.3 is 11.1 Å². The van der Waals surface area contributed by atoms with Crippen molar-refractivity contribution in [3.05, 3.63) is 12.2 Å². The van der Waals surface area contributed by atoms with E-state index in [1.54, 1.807) is 0 Å². The van der Waals surface area contributed by atoms with Crippen molar-refractivity contribution >= 4 is 5.91 Å². The summed E-state index contributed by atoms with van der Waals surface area (Å²) in [6.45, 7) is 8.76. The number of amides is 1. The zero-order valence-electron chi connectivity index (χ0n) is 9.81. The van der Waals surface area contributed by atoms with Crippen LogP contribution in [0.3, 0.4) is 0 Å². The predicted molar refractivity (Wildman–Crippen MR) is 62.4 cm³/mol. The van der Waals surface area contributed by atoms with Gasteiger partial charge >= 0.3 is 0 Å². The largest absolute Gasteiger partial charge is 0.347 e. The second-order valence-corrected chi connectivity index (χ2v) is 4.90. The Bertz CT molecular complexity index is 258. The number of unbranched alkanes of at least 4 members (excludes halogenated alkanes) is 1. The lowest BCUT2D eigenvalue weighted by molar-refractivity contribution is -0.128. The van der Waals surface area contributed by atoms with Crippen LogP contribution in [-0.4, -0.2) is 18.0 Å². The molecule has 0 aromatic rings. The van der Waals surface area contributed by atoms with E-state index in [0.29, 0.717) is 6.54 Å². The molecular formula is C12H22N2O. The van der Waals surface area contributed by atoms with Crippen LogP contribution in [0.25, 0.3) is 0 Å². The van der Waals surface area contributed by atoms with E-state index in [-0.39, 0.29) is 17.4 Å². The number of hydrogen-bond acceptors (Lipinski definition) is 2. The first kappa shape index (κ1) is 12.2. The number of carbonyl (C=O) groups is 1. The summed E-state index contributed by atoms with van der Waals surface area (Å²) < 4.78 is 0. The Kier molecular flexibility index (Phi) is 3.91. The van der Waals surface area contributed by atoms with Crippen LogP contribution in [0.5, 0.6) is 0 Å². The van der Waals surface area contributed by atoms with Gasteiger partial charge in [0.15, 0.2) is 0 Å². The van der Waals surface area contributed by atoms with E-state index in [0.717, 1.165) is 31.3 Å². The third-order valence-electron chi connectivity index (χ3n) is 3.19. The number of rotatable bonds is 4. The molecule has 0 aliphatic carbocycles.